The number of carbonyl (C=O) groups is 2. The van der Waals surface area contributed by atoms with Crippen LogP contribution in [0.5, 0.6) is 0 Å². The second-order valence-electron chi connectivity index (χ2n) is 2.62. The number of hydrogen-bond donors (Lipinski definition) is 7. The van der Waals surface area contributed by atoms with Gasteiger partial charge < -0.3 is 35.7 Å². The van der Waals surface area contributed by atoms with Crippen LogP contribution in [0.4, 0.5) is 0 Å². The summed E-state index contributed by atoms with van der Waals surface area (Å²) in [6.45, 7) is -1.09. The van der Waals surface area contributed by atoms with Crippen LogP contribution in [0.25, 0.3) is 0 Å². The maximum Gasteiger partial charge on any atom is 0.335 e. The van der Waals surface area contributed by atoms with Crippen LogP contribution in [-0.2, 0) is 9.59 Å². The Bertz CT molecular complexity index is 206. The van der Waals surface area contributed by atoms with Crippen molar-refractivity contribution in [3.05, 3.63) is 0 Å². The van der Waals surface area contributed by atoms with Crippen LogP contribution in [0.2, 0.25) is 0 Å². The van der Waals surface area contributed by atoms with Crippen molar-refractivity contribution in [1.29, 1.82) is 0 Å². The molecule has 0 aliphatic carbocycles. The monoisotopic (exact) mass is 242 g/mol. The number of hydrogen-bond acceptors (Lipinski definition) is 7. The van der Waals surface area contributed by atoms with Crippen LogP contribution >= 0.6 is 0 Å². The molecular formula is C7H14O9. The first-order chi connectivity index (χ1) is 7.33. The van der Waals surface area contributed by atoms with Gasteiger partial charge in [-0.15, -0.1) is 0 Å². The fraction of sp³-hybridized carbons (Fsp3) is 0.714. The van der Waals surface area contributed by atoms with Crippen molar-refractivity contribution >= 4 is 12.4 Å². The standard InChI is InChI=1S/C6H12O7.CH2O2/c7-1-2(8)3(9)4(10)5(11)6(12)13;2-1-3/h2-5,7-11H,1H2,(H,12,13);1H,(H,2,3)/t2-,3-,4+,5-;/m1./s1. The molecule has 0 spiro atoms. The lowest BCUT2D eigenvalue weighted by Gasteiger charge is -2.23. The third-order valence-corrected chi connectivity index (χ3v) is 1.51. The minimum Gasteiger partial charge on any atom is -0.483 e. The molecule has 0 heterocycles. The quantitative estimate of drug-likeness (QED) is 0.238. The smallest absolute Gasteiger partial charge is 0.335 e. The van der Waals surface area contributed by atoms with Gasteiger partial charge in [-0.25, -0.2) is 4.79 Å². The number of carboxylic acid groups (broad SMARTS) is 2. The van der Waals surface area contributed by atoms with Gasteiger partial charge in [0.2, 0.25) is 0 Å². The van der Waals surface area contributed by atoms with Crippen LogP contribution in [-0.4, -0.2) is 79.2 Å². The fourth-order valence-electron chi connectivity index (χ4n) is 0.668. The molecule has 0 rings (SSSR count). The SMILES string of the molecule is O=C(O)[C@H](O)[C@@H](O)[C@H](O)[C@H](O)CO.O=CO. The lowest BCUT2D eigenvalue weighted by atomic mass is 10.0. The molecule has 96 valence electrons. The van der Waals surface area contributed by atoms with Crippen molar-refractivity contribution in [3.63, 3.8) is 0 Å². The van der Waals surface area contributed by atoms with Gasteiger partial charge in [-0.3, -0.25) is 4.79 Å². The van der Waals surface area contributed by atoms with Gasteiger partial charge in [0.05, 0.1) is 6.61 Å². The van der Waals surface area contributed by atoms with E-state index in [0.717, 1.165) is 0 Å². The third-order valence-electron chi connectivity index (χ3n) is 1.51. The summed E-state index contributed by atoms with van der Waals surface area (Å²) in [6, 6.07) is 0. The molecule has 0 aromatic rings. The average Bonchev–Trinajstić information content (AvgIpc) is 2.25. The summed E-state index contributed by atoms with van der Waals surface area (Å²) in [5, 5.41) is 58.7. The maximum atomic E-state index is 10.1. The van der Waals surface area contributed by atoms with Crippen molar-refractivity contribution in [1.82, 2.24) is 0 Å². The number of aliphatic carboxylic acids is 1. The molecule has 0 fully saturated rings. The number of rotatable bonds is 5. The summed E-state index contributed by atoms with van der Waals surface area (Å²) in [4.78, 5) is 18.5. The molecule has 0 aromatic heterocycles. The molecule has 16 heavy (non-hydrogen) atoms. The predicted molar refractivity (Wildman–Crippen MR) is 47.4 cm³/mol. The molecule has 0 bridgehead atoms. The Labute approximate surface area is 89.8 Å². The van der Waals surface area contributed by atoms with Gasteiger partial charge in [0.1, 0.15) is 18.3 Å². The van der Waals surface area contributed by atoms with E-state index < -0.39 is 37.0 Å². The molecule has 0 aliphatic heterocycles. The van der Waals surface area contributed by atoms with Gasteiger partial charge >= 0.3 is 5.97 Å². The zero-order valence-electron chi connectivity index (χ0n) is 8.04. The summed E-state index contributed by atoms with van der Waals surface area (Å²) in [7, 11) is 0. The Morgan fingerprint density at radius 3 is 1.75 bits per heavy atom. The number of carboxylic acids is 1. The first-order valence-electron chi connectivity index (χ1n) is 3.97. The molecule has 0 saturated heterocycles. The topological polar surface area (TPSA) is 176 Å². The zero-order valence-corrected chi connectivity index (χ0v) is 8.04. The van der Waals surface area contributed by atoms with E-state index in [2.05, 4.69) is 0 Å². The van der Waals surface area contributed by atoms with Crippen LogP contribution in [0.1, 0.15) is 0 Å². The van der Waals surface area contributed by atoms with E-state index in [4.69, 9.17) is 40.5 Å². The van der Waals surface area contributed by atoms with E-state index in [1.165, 1.54) is 0 Å². The van der Waals surface area contributed by atoms with Crippen LogP contribution in [0.15, 0.2) is 0 Å². The van der Waals surface area contributed by atoms with E-state index in [-0.39, 0.29) is 6.47 Å². The molecule has 0 radical (unpaired) electrons. The minimum absolute atomic E-state index is 0.250. The molecule has 0 aromatic carbocycles. The van der Waals surface area contributed by atoms with E-state index >= 15 is 0 Å². The number of aliphatic hydroxyl groups is 5. The molecule has 9 heteroatoms. The van der Waals surface area contributed by atoms with Crippen LogP contribution in [0, 0.1) is 0 Å². The zero-order chi connectivity index (χ0) is 13.3. The van der Waals surface area contributed by atoms with Crippen LogP contribution in [0.3, 0.4) is 0 Å². The highest BCUT2D eigenvalue weighted by Gasteiger charge is 2.33. The highest BCUT2D eigenvalue weighted by atomic mass is 16.4. The van der Waals surface area contributed by atoms with Gasteiger partial charge in [-0.1, -0.05) is 0 Å². The van der Waals surface area contributed by atoms with E-state index in [1.54, 1.807) is 0 Å². The molecule has 0 aliphatic rings. The first-order valence-corrected chi connectivity index (χ1v) is 3.97. The Balaban J connectivity index is 0. The Hall–Kier alpha value is -1.26. The van der Waals surface area contributed by atoms with Gasteiger partial charge in [-0.05, 0) is 0 Å². The van der Waals surface area contributed by atoms with Crippen molar-refractivity contribution in [2.24, 2.45) is 0 Å². The normalized spacial score (nSPS) is 17.3. The van der Waals surface area contributed by atoms with E-state index in [0.29, 0.717) is 0 Å². The molecule has 4 atom stereocenters. The second kappa shape index (κ2) is 9.00. The Morgan fingerprint density at radius 1 is 1.12 bits per heavy atom. The maximum absolute atomic E-state index is 10.1. The van der Waals surface area contributed by atoms with E-state index in [1.807, 2.05) is 0 Å². The summed E-state index contributed by atoms with van der Waals surface area (Å²) in [6.07, 6.45) is -7.84. The van der Waals surface area contributed by atoms with Crippen molar-refractivity contribution in [2.45, 2.75) is 24.4 Å². The molecule has 9 nitrogen and oxygen atoms in total. The predicted octanol–water partition coefficient (Wildman–Crippen LogP) is -3.79. The van der Waals surface area contributed by atoms with Crippen molar-refractivity contribution < 1.29 is 45.3 Å². The minimum atomic E-state index is -2.20. The molecule has 7 N–H and O–H groups in total. The summed E-state index contributed by atoms with van der Waals surface area (Å²) in [5.74, 6) is -1.73. The van der Waals surface area contributed by atoms with E-state index in [9.17, 15) is 4.79 Å². The van der Waals surface area contributed by atoms with Gasteiger partial charge in [0.25, 0.3) is 6.47 Å². The van der Waals surface area contributed by atoms with Crippen LogP contribution < -0.4 is 0 Å². The van der Waals surface area contributed by atoms with Gasteiger partial charge in [0.15, 0.2) is 6.10 Å². The number of aliphatic hydroxyl groups excluding tert-OH is 5. The Morgan fingerprint density at radius 2 is 1.50 bits per heavy atom. The lowest BCUT2D eigenvalue weighted by Crippen LogP contribution is -2.48. The molecule has 0 amide bonds. The second-order valence-corrected chi connectivity index (χ2v) is 2.62. The molecule has 0 saturated carbocycles. The average molecular weight is 242 g/mol. The molecular weight excluding hydrogens is 228 g/mol. The van der Waals surface area contributed by atoms with Gasteiger partial charge in [-0.2, -0.15) is 0 Å². The summed E-state index contributed by atoms with van der Waals surface area (Å²) >= 11 is 0. The summed E-state index contributed by atoms with van der Waals surface area (Å²) in [5.41, 5.74) is 0. The van der Waals surface area contributed by atoms with Gasteiger partial charge in [0, 0.05) is 0 Å². The summed E-state index contributed by atoms with van der Waals surface area (Å²) < 4.78 is 0. The van der Waals surface area contributed by atoms with Crippen molar-refractivity contribution in [3.8, 4) is 0 Å². The molecule has 0 unspecified atom stereocenters. The fourth-order valence-corrected chi connectivity index (χ4v) is 0.668. The highest BCUT2D eigenvalue weighted by Crippen LogP contribution is 2.04. The third kappa shape index (κ3) is 6.27. The largest absolute Gasteiger partial charge is 0.483 e. The highest BCUT2D eigenvalue weighted by molar-refractivity contribution is 5.72. The Kier molecular flexibility index (Phi) is 9.65. The first kappa shape index (κ1) is 17.1. The lowest BCUT2D eigenvalue weighted by molar-refractivity contribution is -0.164. The van der Waals surface area contributed by atoms with Crippen molar-refractivity contribution in [2.75, 3.05) is 6.61 Å².